The molecular weight excluding hydrogens is 258 g/mol. The minimum atomic E-state index is -0.634. The molecule has 0 saturated heterocycles. The predicted molar refractivity (Wildman–Crippen MR) is 76.7 cm³/mol. The largest absolute Gasteiger partial charge is 0.349 e. The summed E-state index contributed by atoms with van der Waals surface area (Å²) in [6.07, 6.45) is 0.919. The van der Waals surface area contributed by atoms with Crippen molar-refractivity contribution in [2.75, 3.05) is 0 Å². The molecule has 0 fully saturated rings. The summed E-state index contributed by atoms with van der Waals surface area (Å²) < 4.78 is 0. The third-order valence-electron chi connectivity index (χ3n) is 2.79. The molecule has 1 aromatic carbocycles. The van der Waals surface area contributed by atoms with Gasteiger partial charge in [0.15, 0.2) is 0 Å². The lowest BCUT2D eigenvalue weighted by Gasteiger charge is -2.11. The van der Waals surface area contributed by atoms with Crippen molar-refractivity contribution in [3.05, 3.63) is 52.0 Å². The second-order valence-corrected chi connectivity index (χ2v) is 5.13. The second kappa shape index (κ2) is 6.45. The number of carbonyl (C=O) groups is 1. The average Bonchev–Trinajstić information content (AvgIpc) is 2.93. The van der Waals surface area contributed by atoms with Crippen LogP contribution in [0.15, 0.2) is 35.7 Å². The molecule has 19 heavy (non-hydrogen) atoms. The molecule has 5 heteroatoms. The standard InChI is InChI=1S/C14H17N3OS/c1-2-12-17-11(9-19-12)8-16-14(18)13(15)10-6-4-3-5-7-10/h3-7,9,13H,2,8,15H2,1H3,(H,16,18). The van der Waals surface area contributed by atoms with Crippen molar-refractivity contribution in [3.63, 3.8) is 0 Å². The molecule has 2 rings (SSSR count). The number of hydrogen-bond donors (Lipinski definition) is 2. The van der Waals surface area contributed by atoms with Crippen LogP contribution in [0.5, 0.6) is 0 Å². The fourth-order valence-corrected chi connectivity index (χ4v) is 2.44. The van der Waals surface area contributed by atoms with E-state index in [0.717, 1.165) is 22.7 Å². The molecule has 2 aromatic rings. The fraction of sp³-hybridized carbons (Fsp3) is 0.286. The summed E-state index contributed by atoms with van der Waals surface area (Å²) in [5.41, 5.74) is 7.60. The van der Waals surface area contributed by atoms with Crippen LogP contribution in [-0.4, -0.2) is 10.9 Å². The number of nitrogens with one attached hydrogen (secondary N) is 1. The van der Waals surface area contributed by atoms with E-state index in [9.17, 15) is 4.79 Å². The first-order chi connectivity index (χ1) is 9.20. The number of carbonyl (C=O) groups excluding carboxylic acids is 1. The normalized spacial score (nSPS) is 12.1. The monoisotopic (exact) mass is 275 g/mol. The van der Waals surface area contributed by atoms with Crippen molar-refractivity contribution >= 4 is 17.2 Å². The molecule has 0 saturated carbocycles. The maximum atomic E-state index is 11.9. The Morgan fingerprint density at radius 3 is 2.79 bits per heavy atom. The van der Waals surface area contributed by atoms with E-state index in [1.165, 1.54) is 0 Å². The number of thiazole rings is 1. The molecular formula is C14H17N3OS. The molecule has 0 radical (unpaired) electrons. The van der Waals surface area contributed by atoms with Crippen LogP contribution < -0.4 is 11.1 Å². The van der Waals surface area contributed by atoms with Crippen molar-refractivity contribution in [2.45, 2.75) is 25.9 Å². The first-order valence-electron chi connectivity index (χ1n) is 6.22. The smallest absolute Gasteiger partial charge is 0.241 e. The zero-order chi connectivity index (χ0) is 13.7. The maximum Gasteiger partial charge on any atom is 0.241 e. The number of nitrogens with zero attached hydrogens (tertiary/aromatic N) is 1. The molecule has 1 amide bonds. The molecule has 100 valence electrons. The maximum absolute atomic E-state index is 11.9. The predicted octanol–water partition coefficient (Wildman–Crippen LogP) is 2.02. The Morgan fingerprint density at radius 2 is 2.16 bits per heavy atom. The average molecular weight is 275 g/mol. The van der Waals surface area contributed by atoms with E-state index < -0.39 is 6.04 Å². The summed E-state index contributed by atoms with van der Waals surface area (Å²) in [7, 11) is 0. The van der Waals surface area contributed by atoms with E-state index >= 15 is 0 Å². The van der Waals surface area contributed by atoms with Gasteiger partial charge in [-0.1, -0.05) is 37.3 Å². The van der Waals surface area contributed by atoms with Crippen LogP contribution in [0.1, 0.15) is 29.2 Å². The summed E-state index contributed by atoms with van der Waals surface area (Å²) in [6, 6.07) is 8.71. The Labute approximate surface area is 116 Å². The minimum absolute atomic E-state index is 0.183. The van der Waals surface area contributed by atoms with Crippen LogP contribution in [0, 0.1) is 0 Å². The molecule has 1 unspecified atom stereocenters. The number of hydrogen-bond acceptors (Lipinski definition) is 4. The van der Waals surface area contributed by atoms with Gasteiger partial charge in [0, 0.05) is 5.38 Å². The van der Waals surface area contributed by atoms with Gasteiger partial charge in [0.25, 0.3) is 0 Å². The summed E-state index contributed by atoms with van der Waals surface area (Å²) in [4.78, 5) is 16.3. The Bertz CT molecular complexity index is 539. The van der Waals surface area contributed by atoms with Crippen LogP contribution in [0.25, 0.3) is 0 Å². The Balaban J connectivity index is 1.91. The number of aryl methyl sites for hydroxylation is 1. The van der Waals surface area contributed by atoms with Gasteiger partial charge in [-0.2, -0.15) is 0 Å². The van der Waals surface area contributed by atoms with Crippen molar-refractivity contribution in [1.29, 1.82) is 0 Å². The van der Waals surface area contributed by atoms with Crippen LogP contribution in [0.3, 0.4) is 0 Å². The molecule has 0 spiro atoms. The van der Waals surface area contributed by atoms with Gasteiger partial charge in [-0.3, -0.25) is 4.79 Å². The third kappa shape index (κ3) is 3.62. The Morgan fingerprint density at radius 1 is 1.42 bits per heavy atom. The van der Waals surface area contributed by atoms with Gasteiger partial charge in [0.05, 0.1) is 17.2 Å². The van der Waals surface area contributed by atoms with Gasteiger partial charge in [-0.05, 0) is 12.0 Å². The topological polar surface area (TPSA) is 68.0 Å². The first kappa shape index (κ1) is 13.7. The molecule has 1 atom stereocenters. The second-order valence-electron chi connectivity index (χ2n) is 4.19. The van der Waals surface area contributed by atoms with Crippen LogP contribution in [0.2, 0.25) is 0 Å². The molecule has 0 aliphatic rings. The minimum Gasteiger partial charge on any atom is -0.349 e. The number of rotatable bonds is 5. The van der Waals surface area contributed by atoms with Gasteiger partial charge in [-0.25, -0.2) is 4.98 Å². The summed E-state index contributed by atoms with van der Waals surface area (Å²) in [5.74, 6) is -0.183. The highest BCUT2D eigenvalue weighted by Gasteiger charge is 2.15. The van der Waals surface area contributed by atoms with Gasteiger partial charge in [0.2, 0.25) is 5.91 Å². The van der Waals surface area contributed by atoms with Gasteiger partial charge in [-0.15, -0.1) is 11.3 Å². The van der Waals surface area contributed by atoms with E-state index in [-0.39, 0.29) is 5.91 Å². The van der Waals surface area contributed by atoms with Gasteiger partial charge < -0.3 is 11.1 Å². The van der Waals surface area contributed by atoms with E-state index in [4.69, 9.17) is 5.73 Å². The van der Waals surface area contributed by atoms with Crippen LogP contribution in [-0.2, 0) is 17.8 Å². The molecule has 1 heterocycles. The summed E-state index contributed by atoms with van der Waals surface area (Å²) in [5, 5.41) is 5.86. The zero-order valence-corrected chi connectivity index (χ0v) is 11.6. The number of amides is 1. The van der Waals surface area contributed by atoms with Crippen LogP contribution >= 0.6 is 11.3 Å². The Kier molecular flexibility index (Phi) is 4.65. The molecule has 4 nitrogen and oxygen atoms in total. The van der Waals surface area contributed by atoms with Crippen molar-refractivity contribution in [1.82, 2.24) is 10.3 Å². The SMILES string of the molecule is CCc1nc(CNC(=O)C(N)c2ccccc2)cs1. The van der Waals surface area contributed by atoms with Crippen LogP contribution in [0.4, 0.5) is 0 Å². The third-order valence-corrected chi connectivity index (χ3v) is 3.83. The first-order valence-corrected chi connectivity index (χ1v) is 7.10. The summed E-state index contributed by atoms with van der Waals surface area (Å²) in [6.45, 7) is 2.49. The lowest BCUT2D eigenvalue weighted by atomic mass is 10.1. The molecule has 0 aliphatic carbocycles. The van der Waals surface area contributed by atoms with Crippen molar-refractivity contribution < 1.29 is 4.79 Å². The van der Waals surface area contributed by atoms with Gasteiger partial charge in [0.1, 0.15) is 6.04 Å². The zero-order valence-electron chi connectivity index (χ0n) is 10.8. The lowest BCUT2D eigenvalue weighted by Crippen LogP contribution is -2.33. The van der Waals surface area contributed by atoms with Crippen molar-refractivity contribution in [2.24, 2.45) is 5.73 Å². The quantitative estimate of drug-likeness (QED) is 0.877. The number of nitrogens with two attached hydrogens (primary N) is 1. The molecule has 1 aromatic heterocycles. The highest BCUT2D eigenvalue weighted by atomic mass is 32.1. The van der Waals surface area contributed by atoms with E-state index in [0.29, 0.717) is 6.54 Å². The number of aromatic nitrogens is 1. The highest BCUT2D eigenvalue weighted by molar-refractivity contribution is 7.09. The number of benzene rings is 1. The van der Waals surface area contributed by atoms with Gasteiger partial charge >= 0.3 is 0 Å². The van der Waals surface area contributed by atoms with Crippen molar-refractivity contribution in [3.8, 4) is 0 Å². The summed E-state index contributed by atoms with van der Waals surface area (Å²) >= 11 is 1.61. The fourth-order valence-electron chi connectivity index (χ4n) is 1.69. The Hall–Kier alpha value is -1.72. The molecule has 0 bridgehead atoms. The van der Waals surface area contributed by atoms with E-state index in [1.54, 1.807) is 11.3 Å². The van der Waals surface area contributed by atoms with E-state index in [1.807, 2.05) is 35.7 Å². The molecule has 3 N–H and O–H groups in total. The highest BCUT2D eigenvalue weighted by Crippen LogP contribution is 2.12. The molecule has 0 aliphatic heterocycles. The van der Waals surface area contributed by atoms with E-state index in [2.05, 4.69) is 17.2 Å². The lowest BCUT2D eigenvalue weighted by molar-refractivity contribution is -0.122.